The quantitative estimate of drug-likeness (QED) is 0.110. The van der Waals surface area contributed by atoms with E-state index in [1.807, 2.05) is 6.07 Å². The molecule has 2 rings (SSSR count). The van der Waals surface area contributed by atoms with Crippen LogP contribution in [0.3, 0.4) is 0 Å². The highest BCUT2D eigenvalue weighted by atomic mass is 32.2. The van der Waals surface area contributed by atoms with Crippen molar-refractivity contribution in [2.75, 3.05) is 12.4 Å². The lowest BCUT2D eigenvalue weighted by Crippen LogP contribution is -2.20. The first-order valence-electron chi connectivity index (χ1n) is 15.6. The van der Waals surface area contributed by atoms with Gasteiger partial charge < -0.3 is 9.84 Å². The van der Waals surface area contributed by atoms with Crippen molar-refractivity contribution >= 4 is 23.5 Å². The van der Waals surface area contributed by atoms with Crippen molar-refractivity contribution in [1.82, 2.24) is 0 Å². The highest BCUT2D eigenvalue weighted by Crippen LogP contribution is 2.36. The first kappa shape index (κ1) is 32.9. The molecule has 3 unspecified atom stereocenters. The standard InChI is InChI=1S/C33H54O4S/c1-2-3-4-5-6-7-10-16-26-37-33(36)23-15-9-8-14-22-30-31(35)24-25-32(30)38-27-29(34)21-17-20-28-18-12-11-13-19-28/h11-13,18-19,29-30,32,34H,2-10,14-17,20-27H2,1H3. The summed E-state index contributed by atoms with van der Waals surface area (Å²) in [7, 11) is 0. The second kappa shape index (κ2) is 21.5. The summed E-state index contributed by atoms with van der Waals surface area (Å²) in [5.41, 5.74) is 1.32. The van der Waals surface area contributed by atoms with Gasteiger partial charge in [0.25, 0.3) is 0 Å². The maximum Gasteiger partial charge on any atom is 0.305 e. The molecule has 3 atom stereocenters. The minimum atomic E-state index is -0.296. The lowest BCUT2D eigenvalue weighted by molar-refractivity contribution is -0.143. The summed E-state index contributed by atoms with van der Waals surface area (Å²) >= 11 is 1.81. The monoisotopic (exact) mass is 546 g/mol. The second-order valence-electron chi connectivity index (χ2n) is 11.2. The van der Waals surface area contributed by atoms with Gasteiger partial charge in [-0.3, -0.25) is 9.59 Å². The zero-order valence-electron chi connectivity index (χ0n) is 24.0. The van der Waals surface area contributed by atoms with E-state index in [1.54, 1.807) is 11.8 Å². The molecule has 0 saturated heterocycles. The molecule has 4 nitrogen and oxygen atoms in total. The smallest absolute Gasteiger partial charge is 0.305 e. The SMILES string of the molecule is CCCCCCCCCCOC(=O)CCCCCCC1C(=O)CCC1SCC(O)CCCc1ccccc1. The number of Topliss-reactive ketones (excluding diaryl/α,β-unsaturated/α-hetero) is 1. The van der Waals surface area contributed by atoms with E-state index in [1.165, 1.54) is 44.1 Å². The van der Waals surface area contributed by atoms with E-state index in [9.17, 15) is 14.7 Å². The Kier molecular flexibility index (Phi) is 18.6. The molecule has 0 aromatic heterocycles. The van der Waals surface area contributed by atoms with Gasteiger partial charge in [0.1, 0.15) is 5.78 Å². The molecule has 1 fully saturated rings. The van der Waals surface area contributed by atoms with E-state index in [-0.39, 0.29) is 18.0 Å². The number of carbonyl (C=O) groups excluding carboxylic acids is 2. The first-order valence-corrected chi connectivity index (χ1v) is 16.7. The summed E-state index contributed by atoms with van der Waals surface area (Å²) in [6.07, 6.45) is 19.6. The van der Waals surface area contributed by atoms with Gasteiger partial charge in [-0.25, -0.2) is 0 Å². The number of carbonyl (C=O) groups is 2. The van der Waals surface area contributed by atoms with E-state index in [2.05, 4.69) is 31.2 Å². The minimum Gasteiger partial charge on any atom is -0.466 e. The number of ketones is 1. The summed E-state index contributed by atoms with van der Waals surface area (Å²) in [4.78, 5) is 24.4. The Bertz CT molecular complexity index is 738. The molecule has 1 aliphatic rings. The number of benzene rings is 1. The second-order valence-corrected chi connectivity index (χ2v) is 12.4. The van der Waals surface area contributed by atoms with E-state index in [4.69, 9.17) is 4.74 Å². The molecule has 1 aromatic carbocycles. The van der Waals surface area contributed by atoms with E-state index in [0.717, 1.165) is 76.4 Å². The molecule has 38 heavy (non-hydrogen) atoms. The van der Waals surface area contributed by atoms with Crippen LogP contribution in [0.5, 0.6) is 0 Å². The number of aliphatic hydroxyl groups excluding tert-OH is 1. The van der Waals surface area contributed by atoms with Crippen molar-refractivity contribution in [2.45, 2.75) is 140 Å². The Morgan fingerprint density at radius 2 is 1.63 bits per heavy atom. The molecule has 1 aromatic rings. The van der Waals surface area contributed by atoms with Crippen molar-refractivity contribution in [2.24, 2.45) is 5.92 Å². The van der Waals surface area contributed by atoms with Crippen LogP contribution in [-0.4, -0.2) is 40.6 Å². The molecule has 216 valence electrons. The van der Waals surface area contributed by atoms with Gasteiger partial charge in [0.05, 0.1) is 12.7 Å². The molecule has 1 aliphatic carbocycles. The van der Waals surface area contributed by atoms with Gasteiger partial charge in [-0.15, -0.1) is 0 Å². The number of aliphatic hydroxyl groups is 1. The van der Waals surface area contributed by atoms with E-state index < -0.39 is 0 Å². The number of aryl methyl sites for hydroxylation is 1. The molecule has 0 radical (unpaired) electrons. The minimum absolute atomic E-state index is 0.0577. The topological polar surface area (TPSA) is 63.6 Å². The van der Waals surface area contributed by atoms with Gasteiger partial charge in [-0.2, -0.15) is 11.8 Å². The lowest BCUT2D eigenvalue weighted by atomic mass is 9.98. The summed E-state index contributed by atoms with van der Waals surface area (Å²) in [6.45, 7) is 2.81. The Morgan fingerprint density at radius 3 is 2.39 bits per heavy atom. The third-order valence-electron chi connectivity index (χ3n) is 7.79. The van der Waals surface area contributed by atoms with Crippen LogP contribution in [0.25, 0.3) is 0 Å². The highest BCUT2D eigenvalue weighted by molar-refractivity contribution is 8.00. The summed E-state index contributed by atoms with van der Waals surface area (Å²) < 4.78 is 5.39. The number of rotatable bonds is 23. The van der Waals surface area contributed by atoms with E-state index in [0.29, 0.717) is 30.5 Å². The van der Waals surface area contributed by atoms with Crippen LogP contribution in [0, 0.1) is 5.92 Å². The fourth-order valence-corrected chi connectivity index (χ4v) is 6.85. The van der Waals surface area contributed by atoms with Crippen LogP contribution < -0.4 is 0 Å². The normalized spacial score (nSPS) is 18.1. The molecular weight excluding hydrogens is 492 g/mol. The lowest BCUT2D eigenvalue weighted by Gasteiger charge is -2.20. The first-order chi connectivity index (χ1) is 18.6. The van der Waals surface area contributed by atoms with Crippen molar-refractivity contribution in [3.63, 3.8) is 0 Å². The van der Waals surface area contributed by atoms with Crippen LogP contribution in [-0.2, 0) is 20.7 Å². The summed E-state index contributed by atoms with van der Waals surface area (Å²) in [5, 5.41) is 10.8. The number of esters is 1. The number of hydrogen-bond donors (Lipinski definition) is 1. The Morgan fingerprint density at radius 1 is 0.947 bits per heavy atom. The molecule has 0 amide bonds. The highest BCUT2D eigenvalue weighted by Gasteiger charge is 2.34. The van der Waals surface area contributed by atoms with Crippen molar-refractivity contribution in [3.05, 3.63) is 35.9 Å². The summed E-state index contributed by atoms with van der Waals surface area (Å²) in [6, 6.07) is 10.4. The average Bonchev–Trinajstić information content (AvgIpc) is 3.28. The largest absolute Gasteiger partial charge is 0.466 e. The molecule has 0 spiro atoms. The molecule has 1 N–H and O–H groups in total. The molecule has 5 heteroatoms. The number of hydrogen-bond acceptors (Lipinski definition) is 5. The number of unbranched alkanes of at least 4 members (excludes halogenated alkanes) is 10. The van der Waals surface area contributed by atoms with Crippen molar-refractivity contribution in [1.29, 1.82) is 0 Å². The van der Waals surface area contributed by atoms with Crippen LogP contribution in [0.15, 0.2) is 30.3 Å². The maximum atomic E-state index is 12.5. The van der Waals surface area contributed by atoms with Crippen molar-refractivity contribution in [3.8, 4) is 0 Å². The molecule has 1 saturated carbocycles. The fraction of sp³-hybridized carbons (Fsp3) is 0.758. The van der Waals surface area contributed by atoms with Crippen LogP contribution in [0.2, 0.25) is 0 Å². The third kappa shape index (κ3) is 15.3. The van der Waals surface area contributed by atoms with Crippen LogP contribution in [0.1, 0.15) is 128 Å². The van der Waals surface area contributed by atoms with Gasteiger partial charge in [-0.05, 0) is 50.5 Å². The van der Waals surface area contributed by atoms with Gasteiger partial charge in [0.15, 0.2) is 0 Å². The average molecular weight is 547 g/mol. The fourth-order valence-electron chi connectivity index (χ4n) is 5.41. The molecule has 0 heterocycles. The molecule has 0 bridgehead atoms. The van der Waals surface area contributed by atoms with Gasteiger partial charge in [0.2, 0.25) is 0 Å². The van der Waals surface area contributed by atoms with Gasteiger partial charge >= 0.3 is 5.97 Å². The maximum absolute atomic E-state index is 12.5. The number of ether oxygens (including phenoxy) is 1. The number of thioether (sulfide) groups is 1. The molecule has 0 aliphatic heterocycles. The molecular formula is C33H54O4S. The predicted molar refractivity (Wildman–Crippen MR) is 161 cm³/mol. The van der Waals surface area contributed by atoms with Gasteiger partial charge in [-0.1, -0.05) is 101 Å². The van der Waals surface area contributed by atoms with Gasteiger partial charge in [0, 0.05) is 29.8 Å². The summed E-state index contributed by atoms with van der Waals surface area (Å²) in [5.74, 6) is 1.22. The predicted octanol–water partition coefficient (Wildman–Crippen LogP) is 8.48. The van der Waals surface area contributed by atoms with Crippen molar-refractivity contribution < 1.29 is 19.4 Å². The third-order valence-corrected chi connectivity index (χ3v) is 9.36. The van der Waals surface area contributed by atoms with E-state index >= 15 is 0 Å². The van der Waals surface area contributed by atoms with Crippen LogP contribution >= 0.6 is 11.8 Å². The Labute approximate surface area is 237 Å². The Hall–Kier alpha value is -1.33. The zero-order valence-corrected chi connectivity index (χ0v) is 24.9. The Balaban J connectivity index is 1.45. The van der Waals surface area contributed by atoms with Crippen LogP contribution in [0.4, 0.5) is 0 Å². The zero-order chi connectivity index (χ0) is 27.3.